The maximum Gasteiger partial charge on any atom is 0.333 e. The van der Waals surface area contributed by atoms with Crippen LogP contribution in [-0.4, -0.2) is 11.6 Å². The first-order valence-corrected chi connectivity index (χ1v) is 7.80. The van der Waals surface area contributed by atoms with E-state index in [2.05, 4.69) is 20.4 Å². The van der Waals surface area contributed by atoms with Gasteiger partial charge in [0.05, 0.1) is 0 Å². The lowest BCUT2D eigenvalue weighted by Gasteiger charge is -2.50. The van der Waals surface area contributed by atoms with E-state index in [-0.39, 0.29) is 11.6 Å². The van der Waals surface area contributed by atoms with Crippen molar-refractivity contribution in [3.05, 3.63) is 12.2 Å². The summed E-state index contributed by atoms with van der Waals surface area (Å²) in [6.07, 6.45) is 5.39. The maximum atomic E-state index is 12.1. The zero-order valence-corrected chi connectivity index (χ0v) is 12.2. The van der Waals surface area contributed by atoms with E-state index in [1.807, 2.05) is 0 Å². The van der Waals surface area contributed by atoms with Gasteiger partial charge >= 0.3 is 5.97 Å². The highest BCUT2D eigenvalue weighted by molar-refractivity contribution is 5.87. The lowest BCUT2D eigenvalue weighted by Crippen LogP contribution is -2.53. The summed E-state index contributed by atoms with van der Waals surface area (Å²) in [5.41, 5.74) is 1.06. The molecule has 0 aliphatic heterocycles. The van der Waals surface area contributed by atoms with E-state index < -0.39 is 0 Å². The van der Waals surface area contributed by atoms with E-state index in [0.29, 0.717) is 28.7 Å². The predicted molar refractivity (Wildman–Crippen MR) is 73.3 cm³/mol. The molecule has 6 unspecified atom stereocenters. The molecule has 0 N–H and O–H groups in total. The van der Waals surface area contributed by atoms with Crippen molar-refractivity contribution in [1.29, 1.82) is 0 Å². The van der Waals surface area contributed by atoms with Crippen molar-refractivity contribution in [3.63, 3.8) is 0 Å². The number of fused-ring (bicyclic) bond motifs is 1. The van der Waals surface area contributed by atoms with E-state index in [1.165, 1.54) is 25.7 Å². The molecule has 1 spiro atoms. The van der Waals surface area contributed by atoms with Crippen LogP contribution in [0.1, 0.15) is 46.5 Å². The second kappa shape index (κ2) is 3.27. The van der Waals surface area contributed by atoms with E-state index in [9.17, 15) is 4.79 Å². The molecule has 0 aromatic carbocycles. The van der Waals surface area contributed by atoms with E-state index in [4.69, 9.17) is 4.74 Å². The Bertz CT molecular complexity index is 471. The fourth-order valence-corrected chi connectivity index (χ4v) is 6.08. The van der Waals surface area contributed by atoms with Crippen LogP contribution in [0.25, 0.3) is 0 Å². The van der Waals surface area contributed by atoms with Gasteiger partial charge in [0.1, 0.15) is 5.60 Å². The Morgan fingerprint density at radius 1 is 1.21 bits per heavy atom. The van der Waals surface area contributed by atoms with Crippen molar-refractivity contribution in [3.8, 4) is 0 Å². The Hall–Kier alpha value is -0.790. The van der Waals surface area contributed by atoms with Gasteiger partial charge in [0.15, 0.2) is 0 Å². The fourth-order valence-electron chi connectivity index (χ4n) is 6.08. The molecule has 0 aromatic heterocycles. The number of esters is 1. The van der Waals surface area contributed by atoms with Crippen molar-refractivity contribution in [2.24, 2.45) is 35.0 Å². The Kier molecular flexibility index (Phi) is 2.06. The normalized spacial score (nSPS) is 52.4. The van der Waals surface area contributed by atoms with E-state index >= 15 is 0 Å². The summed E-state index contributed by atoms with van der Waals surface area (Å²) >= 11 is 0. The van der Waals surface area contributed by atoms with Crippen LogP contribution in [0.15, 0.2) is 12.2 Å². The molecule has 4 rings (SSSR count). The van der Waals surface area contributed by atoms with Gasteiger partial charge in [-0.25, -0.2) is 4.79 Å². The number of ether oxygens (including phenoxy) is 1. The van der Waals surface area contributed by atoms with Gasteiger partial charge in [-0.1, -0.05) is 20.4 Å². The molecule has 4 fully saturated rings. The first-order chi connectivity index (χ1) is 8.92. The molecule has 2 nitrogen and oxygen atoms in total. The van der Waals surface area contributed by atoms with Crippen LogP contribution in [0.3, 0.4) is 0 Å². The molecule has 4 aliphatic carbocycles. The predicted octanol–water partition coefficient (Wildman–Crippen LogP) is 3.57. The average Bonchev–Trinajstić information content (AvgIpc) is 3.01. The van der Waals surface area contributed by atoms with E-state index in [0.717, 1.165) is 11.8 Å². The number of carbonyl (C=O) groups is 1. The third kappa shape index (κ3) is 1.18. The number of carbonyl (C=O) groups excluding carboxylic acids is 1. The summed E-state index contributed by atoms with van der Waals surface area (Å²) in [4.78, 5) is 12.1. The standard InChI is InChI=1S/C17H24O2/c1-9(2)15(18)19-17(10(3)4)11-5-12-7-16(12)8-14(17)13(16)6-11/h10-14H,1,5-8H2,2-4H3. The van der Waals surface area contributed by atoms with Crippen molar-refractivity contribution >= 4 is 5.97 Å². The highest BCUT2D eigenvalue weighted by Crippen LogP contribution is 2.84. The third-order valence-corrected chi connectivity index (χ3v) is 6.95. The molecule has 4 aliphatic rings. The molecule has 4 saturated carbocycles. The second-order valence-electron chi connectivity index (χ2n) is 7.90. The van der Waals surface area contributed by atoms with Gasteiger partial charge in [0, 0.05) is 11.5 Å². The maximum absolute atomic E-state index is 12.1. The minimum absolute atomic E-state index is 0.170. The molecule has 6 atom stereocenters. The molecular weight excluding hydrogens is 236 g/mol. The number of hydrogen-bond donors (Lipinski definition) is 0. The Morgan fingerprint density at radius 2 is 1.95 bits per heavy atom. The van der Waals surface area contributed by atoms with Gasteiger partial charge in [-0.05, 0) is 61.7 Å². The number of rotatable bonds is 3. The zero-order valence-electron chi connectivity index (χ0n) is 12.2. The summed E-state index contributed by atoms with van der Waals surface area (Å²) in [6, 6.07) is 0. The summed E-state index contributed by atoms with van der Waals surface area (Å²) in [7, 11) is 0. The first-order valence-electron chi connectivity index (χ1n) is 7.80. The molecule has 19 heavy (non-hydrogen) atoms. The van der Waals surface area contributed by atoms with Crippen LogP contribution in [0.2, 0.25) is 0 Å². The lowest BCUT2D eigenvalue weighted by molar-refractivity contribution is -0.181. The Labute approximate surface area is 115 Å². The minimum atomic E-state index is -0.181. The average molecular weight is 260 g/mol. The monoisotopic (exact) mass is 260 g/mol. The van der Waals surface area contributed by atoms with Crippen LogP contribution < -0.4 is 0 Å². The van der Waals surface area contributed by atoms with Gasteiger partial charge < -0.3 is 4.74 Å². The molecule has 0 radical (unpaired) electrons. The summed E-state index contributed by atoms with van der Waals surface area (Å²) in [5.74, 6) is 3.30. The molecule has 2 bridgehead atoms. The minimum Gasteiger partial charge on any atom is -0.455 e. The van der Waals surface area contributed by atoms with E-state index in [1.54, 1.807) is 6.92 Å². The lowest BCUT2D eigenvalue weighted by atomic mass is 9.58. The Morgan fingerprint density at radius 3 is 2.58 bits per heavy atom. The molecule has 0 heterocycles. The summed E-state index contributed by atoms with van der Waals surface area (Å²) in [5, 5.41) is 0. The highest BCUT2D eigenvalue weighted by Gasteiger charge is 2.80. The van der Waals surface area contributed by atoms with Crippen molar-refractivity contribution in [2.75, 3.05) is 0 Å². The van der Waals surface area contributed by atoms with Gasteiger partial charge in [-0.15, -0.1) is 0 Å². The largest absolute Gasteiger partial charge is 0.455 e. The summed E-state index contributed by atoms with van der Waals surface area (Å²) < 4.78 is 6.11. The molecule has 0 aromatic rings. The fraction of sp³-hybridized carbons (Fsp3) is 0.824. The second-order valence-corrected chi connectivity index (χ2v) is 7.90. The Balaban J connectivity index is 1.70. The van der Waals surface area contributed by atoms with Crippen LogP contribution in [0.4, 0.5) is 0 Å². The van der Waals surface area contributed by atoms with Gasteiger partial charge in [0.25, 0.3) is 0 Å². The molecular formula is C17H24O2. The van der Waals surface area contributed by atoms with Crippen LogP contribution >= 0.6 is 0 Å². The van der Waals surface area contributed by atoms with Gasteiger partial charge in [0.2, 0.25) is 0 Å². The molecule has 2 heteroatoms. The molecule has 104 valence electrons. The quantitative estimate of drug-likeness (QED) is 0.573. The molecule has 0 saturated heterocycles. The number of hydrogen-bond acceptors (Lipinski definition) is 2. The van der Waals surface area contributed by atoms with Crippen molar-refractivity contribution in [1.82, 2.24) is 0 Å². The first kappa shape index (κ1) is 12.0. The topological polar surface area (TPSA) is 26.3 Å². The van der Waals surface area contributed by atoms with Crippen molar-refractivity contribution in [2.45, 2.75) is 52.1 Å². The molecule has 0 amide bonds. The van der Waals surface area contributed by atoms with Crippen LogP contribution in [0.5, 0.6) is 0 Å². The highest BCUT2D eigenvalue weighted by atomic mass is 16.6. The van der Waals surface area contributed by atoms with Gasteiger partial charge in [-0.3, -0.25) is 0 Å². The van der Waals surface area contributed by atoms with Gasteiger partial charge in [-0.2, -0.15) is 0 Å². The third-order valence-electron chi connectivity index (χ3n) is 6.95. The SMILES string of the molecule is C=C(C)C(=O)OC1(C(C)C)C2CC3CC34CC1C4C2. The van der Waals surface area contributed by atoms with Crippen molar-refractivity contribution < 1.29 is 9.53 Å². The smallest absolute Gasteiger partial charge is 0.333 e. The van der Waals surface area contributed by atoms with Crippen LogP contribution in [-0.2, 0) is 9.53 Å². The van der Waals surface area contributed by atoms with Crippen LogP contribution in [0, 0.1) is 35.0 Å². The zero-order chi connectivity index (χ0) is 13.6. The summed E-state index contributed by atoms with van der Waals surface area (Å²) in [6.45, 7) is 10.00.